The van der Waals surface area contributed by atoms with Crippen molar-refractivity contribution in [2.24, 2.45) is 0 Å². The van der Waals surface area contributed by atoms with Gasteiger partial charge in [-0.15, -0.1) is 0 Å². The van der Waals surface area contributed by atoms with Crippen LogP contribution in [0.2, 0.25) is 0 Å². The lowest BCUT2D eigenvalue weighted by Crippen LogP contribution is -2.28. The number of hydrogen-bond acceptors (Lipinski definition) is 5. The topological polar surface area (TPSA) is 65.4 Å². The van der Waals surface area contributed by atoms with Crippen LogP contribution in [0.3, 0.4) is 0 Å². The van der Waals surface area contributed by atoms with Gasteiger partial charge in [-0.2, -0.15) is 23.0 Å². The first-order valence-electron chi connectivity index (χ1n) is 10.6. The molecular weight excluding hydrogens is 435 g/mol. The lowest BCUT2D eigenvalue weighted by molar-refractivity contribution is -0.137. The van der Waals surface area contributed by atoms with E-state index in [4.69, 9.17) is 9.47 Å². The van der Waals surface area contributed by atoms with Crippen molar-refractivity contribution < 1.29 is 22.6 Å². The smallest absolute Gasteiger partial charge is 0.418 e. The molecule has 0 aliphatic heterocycles. The third kappa shape index (κ3) is 4.27. The number of hydrogen-bond donors (Lipinski definition) is 1. The van der Waals surface area contributed by atoms with Crippen LogP contribution in [0, 0.1) is 0 Å². The van der Waals surface area contributed by atoms with Gasteiger partial charge in [0, 0.05) is 29.4 Å². The predicted molar refractivity (Wildman–Crippen MR) is 120 cm³/mol. The second kappa shape index (κ2) is 8.80. The van der Waals surface area contributed by atoms with E-state index in [2.05, 4.69) is 10.4 Å². The summed E-state index contributed by atoms with van der Waals surface area (Å²) in [5.41, 5.74) is 1.00. The Balaban J connectivity index is 2.02. The highest BCUT2D eigenvalue weighted by molar-refractivity contribution is 5.69. The molecule has 1 N–H and O–H groups in total. The third-order valence-electron chi connectivity index (χ3n) is 5.69. The number of rotatable bonds is 6. The minimum atomic E-state index is -4.65. The molecule has 1 heterocycles. The molecular formula is C24H24F3N3O3. The molecule has 2 aromatic carbocycles. The van der Waals surface area contributed by atoms with Crippen LogP contribution in [-0.4, -0.2) is 30.5 Å². The zero-order valence-corrected chi connectivity index (χ0v) is 18.5. The first kappa shape index (κ1) is 22.7. The van der Waals surface area contributed by atoms with Gasteiger partial charge < -0.3 is 14.8 Å². The summed E-state index contributed by atoms with van der Waals surface area (Å²) < 4.78 is 53.2. The fourth-order valence-corrected chi connectivity index (χ4v) is 4.17. The van der Waals surface area contributed by atoms with Gasteiger partial charge in [-0.05, 0) is 62.1 Å². The minimum absolute atomic E-state index is 0.309. The molecule has 0 fully saturated rings. The van der Waals surface area contributed by atoms with Gasteiger partial charge in [-0.3, -0.25) is 4.79 Å². The Morgan fingerprint density at radius 3 is 2.30 bits per heavy atom. The van der Waals surface area contributed by atoms with Crippen molar-refractivity contribution >= 4 is 5.69 Å². The van der Waals surface area contributed by atoms with Crippen molar-refractivity contribution in [2.75, 3.05) is 26.1 Å². The first-order valence-corrected chi connectivity index (χ1v) is 10.6. The maximum Gasteiger partial charge on any atom is 0.418 e. The van der Waals surface area contributed by atoms with Gasteiger partial charge in [-0.25, -0.2) is 0 Å². The van der Waals surface area contributed by atoms with E-state index in [1.54, 1.807) is 18.2 Å². The number of nitrogens with zero attached hydrogens (tertiary/aromatic N) is 2. The van der Waals surface area contributed by atoms with Crippen LogP contribution < -0.4 is 20.3 Å². The Bertz CT molecular complexity index is 1230. The average molecular weight is 459 g/mol. The standard InChI is InChI=1S/C24H24F3N3O3/c1-4-28-15-8-9-20(24(25,26)27)21(12-15)30-23(31)19-7-5-6-18(19)22(29-30)14-10-16(32-2)13-17(11-14)33-3/h8-13,28H,4-7H2,1-3H3. The Morgan fingerprint density at radius 1 is 1.03 bits per heavy atom. The number of methoxy groups -OCH3 is 2. The normalized spacial score (nSPS) is 13.0. The molecule has 0 unspecified atom stereocenters. The number of ether oxygens (including phenoxy) is 2. The predicted octanol–water partition coefficient (Wildman–Crippen LogP) is 4.86. The number of aromatic nitrogens is 2. The summed E-state index contributed by atoms with van der Waals surface area (Å²) >= 11 is 0. The molecule has 0 radical (unpaired) electrons. The Hall–Kier alpha value is -3.49. The first-order chi connectivity index (χ1) is 15.8. The minimum Gasteiger partial charge on any atom is -0.497 e. The molecule has 1 aliphatic rings. The maximum absolute atomic E-state index is 13.9. The number of alkyl halides is 3. The highest BCUT2D eigenvalue weighted by atomic mass is 19.4. The molecule has 0 saturated heterocycles. The molecule has 6 nitrogen and oxygen atoms in total. The highest BCUT2D eigenvalue weighted by Gasteiger charge is 2.35. The largest absolute Gasteiger partial charge is 0.497 e. The van der Waals surface area contributed by atoms with Crippen molar-refractivity contribution in [3.05, 3.63) is 63.4 Å². The van der Waals surface area contributed by atoms with Gasteiger partial charge in [0.05, 0.1) is 31.2 Å². The number of benzene rings is 2. The van der Waals surface area contributed by atoms with Gasteiger partial charge in [0.25, 0.3) is 5.56 Å². The van der Waals surface area contributed by atoms with E-state index >= 15 is 0 Å². The molecule has 4 rings (SSSR count). The van der Waals surface area contributed by atoms with E-state index in [0.29, 0.717) is 53.4 Å². The summed E-state index contributed by atoms with van der Waals surface area (Å²) in [7, 11) is 3.03. The van der Waals surface area contributed by atoms with E-state index < -0.39 is 17.3 Å². The molecule has 3 aromatic rings. The van der Waals surface area contributed by atoms with Crippen molar-refractivity contribution in [3.8, 4) is 28.4 Å². The molecule has 33 heavy (non-hydrogen) atoms. The van der Waals surface area contributed by atoms with E-state index in [-0.39, 0.29) is 5.69 Å². The summed E-state index contributed by atoms with van der Waals surface area (Å²) in [6.45, 7) is 2.36. The Kier molecular flexibility index (Phi) is 6.05. The van der Waals surface area contributed by atoms with Crippen LogP contribution in [0.15, 0.2) is 41.2 Å². The van der Waals surface area contributed by atoms with Crippen molar-refractivity contribution in [1.29, 1.82) is 0 Å². The quantitative estimate of drug-likeness (QED) is 0.571. The number of nitrogens with one attached hydrogen (secondary N) is 1. The van der Waals surface area contributed by atoms with Crippen molar-refractivity contribution in [3.63, 3.8) is 0 Å². The van der Waals surface area contributed by atoms with Gasteiger partial charge in [0.1, 0.15) is 11.5 Å². The van der Waals surface area contributed by atoms with Crippen LogP contribution in [0.25, 0.3) is 16.9 Å². The number of anilines is 1. The van der Waals surface area contributed by atoms with Gasteiger partial charge in [-0.1, -0.05) is 0 Å². The SMILES string of the molecule is CCNc1ccc(C(F)(F)F)c(-n2nc(-c3cc(OC)cc(OC)c3)c3c(c2=O)CCC3)c1. The van der Waals surface area contributed by atoms with E-state index in [9.17, 15) is 18.0 Å². The maximum atomic E-state index is 13.9. The molecule has 1 aromatic heterocycles. The second-order valence-corrected chi connectivity index (χ2v) is 7.74. The molecule has 1 aliphatic carbocycles. The van der Waals surface area contributed by atoms with Crippen LogP contribution in [0.1, 0.15) is 30.0 Å². The number of halogens is 3. The molecule has 0 saturated carbocycles. The number of fused-ring (bicyclic) bond motifs is 1. The van der Waals surface area contributed by atoms with Gasteiger partial charge in [0.2, 0.25) is 0 Å². The summed E-state index contributed by atoms with van der Waals surface area (Å²) in [4.78, 5) is 13.3. The molecule has 174 valence electrons. The fraction of sp³-hybridized carbons (Fsp3) is 0.333. The third-order valence-corrected chi connectivity index (χ3v) is 5.69. The molecule has 0 bridgehead atoms. The molecule has 0 atom stereocenters. The van der Waals surface area contributed by atoms with E-state index in [1.807, 2.05) is 6.92 Å². The lowest BCUT2D eigenvalue weighted by Gasteiger charge is -2.18. The summed E-state index contributed by atoms with van der Waals surface area (Å²) in [6.07, 6.45) is -2.82. The summed E-state index contributed by atoms with van der Waals surface area (Å²) in [5, 5.41) is 7.48. The lowest BCUT2D eigenvalue weighted by atomic mass is 10.0. The van der Waals surface area contributed by atoms with Gasteiger partial charge >= 0.3 is 6.18 Å². The van der Waals surface area contributed by atoms with E-state index in [0.717, 1.165) is 22.7 Å². The molecule has 0 amide bonds. The molecule has 0 spiro atoms. The van der Waals surface area contributed by atoms with Gasteiger partial charge in [0.15, 0.2) is 0 Å². The van der Waals surface area contributed by atoms with Crippen LogP contribution in [0.4, 0.5) is 18.9 Å². The Labute approximate surface area is 189 Å². The van der Waals surface area contributed by atoms with Crippen molar-refractivity contribution in [2.45, 2.75) is 32.4 Å². The second-order valence-electron chi connectivity index (χ2n) is 7.74. The van der Waals surface area contributed by atoms with Crippen LogP contribution in [-0.2, 0) is 19.0 Å². The van der Waals surface area contributed by atoms with Crippen molar-refractivity contribution in [1.82, 2.24) is 9.78 Å². The monoisotopic (exact) mass is 459 g/mol. The summed E-state index contributed by atoms with van der Waals surface area (Å²) in [6, 6.07) is 8.81. The summed E-state index contributed by atoms with van der Waals surface area (Å²) in [5.74, 6) is 1.03. The van der Waals surface area contributed by atoms with Crippen LogP contribution >= 0.6 is 0 Å². The Morgan fingerprint density at radius 2 is 1.70 bits per heavy atom. The fourth-order valence-electron chi connectivity index (χ4n) is 4.17. The highest BCUT2D eigenvalue weighted by Crippen LogP contribution is 2.37. The zero-order valence-electron chi connectivity index (χ0n) is 18.5. The zero-order chi connectivity index (χ0) is 23.8. The average Bonchev–Trinajstić information content (AvgIpc) is 3.29. The van der Waals surface area contributed by atoms with Crippen LogP contribution in [0.5, 0.6) is 11.5 Å². The molecule has 9 heteroatoms. The van der Waals surface area contributed by atoms with E-state index in [1.165, 1.54) is 26.4 Å².